The lowest BCUT2D eigenvalue weighted by atomic mass is 10.1. The number of carbonyl (C=O) groups is 3. The first kappa shape index (κ1) is 25.0. The lowest BCUT2D eigenvalue weighted by Gasteiger charge is -2.15. The standard InChI is InChI=1S/C23H30N4O5/c28-21(10-6-1-2-7-11-22(29)27-32)26-19-12-18(14-24-16-19)15-25-20(23(30)31)13-17-8-4-3-5-9-17/h3-5,8-9,12,14,16,20,25,32H,1-2,6-7,10-11,13,15H2,(H,26,28)(H,27,29)(H,30,31)/t20-/m0/s1. The van der Waals surface area contributed by atoms with Crippen molar-refractivity contribution in [2.24, 2.45) is 0 Å². The van der Waals surface area contributed by atoms with Crippen molar-refractivity contribution in [3.63, 3.8) is 0 Å². The van der Waals surface area contributed by atoms with Crippen molar-refractivity contribution in [1.82, 2.24) is 15.8 Å². The van der Waals surface area contributed by atoms with E-state index in [9.17, 15) is 19.5 Å². The number of nitrogens with one attached hydrogen (secondary N) is 3. The van der Waals surface area contributed by atoms with Crippen molar-refractivity contribution in [1.29, 1.82) is 0 Å². The maximum Gasteiger partial charge on any atom is 0.321 e. The summed E-state index contributed by atoms with van der Waals surface area (Å²) in [6.07, 6.45) is 7.14. The fraction of sp³-hybridized carbons (Fsp3) is 0.391. The number of anilines is 1. The molecule has 5 N–H and O–H groups in total. The molecule has 1 atom stereocenters. The van der Waals surface area contributed by atoms with E-state index in [1.807, 2.05) is 30.3 Å². The van der Waals surface area contributed by atoms with E-state index in [4.69, 9.17) is 5.21 Å². The molecule has 0 bridgehead atoms. The first-order valence-electron chi connectivity index (χ1n) is 10.6. The summed E-state index contributed by atoms with van der Waals surface area (Å²) in [5.41, 5.74) is 3.86. The summed E-state index contributed by atoms with van der Waals surface area (Å²) >= 11 is 0. The molecule has 0 saturated heterocycles. The Labute approximate surface area is 187 Å². The van der Waals surface area contributed by atoms with Crippen molar-refractivity contribution in [2.75, 3.05) is 5.32 Å². The molecule has 1 aromatic heterocycles. The van der Waals surface area contributed by atoms with Gasteiger partial charge in [0.25, 0.3) is 0 Å². The highest BCUT2D eigenvalue weighted by Gasteiger charge is 2.17. The molecule has 0 aliphatic heterocycles. The van der Waals surface area contributed by atoms with Crippen LogP contribution < -0.4 is 16.1 Å². The minimum atomic E-state index is -0.928. The second-order valence-electron chi connectivity index (χ2n) is 7.54. The van der Waals surface area contributed by atoms with E-state index in [-0.39, 0.29) is 12.3 Å². The van der Waals surface area contributed by atoms with Crippen molar-refractivity contribution in [3.8, 4) is 0 Å². The average Bonchev–Trinajstić information content (AvgIpc) is 2.79. The molecule has 2 aromatic rings. The number of aliphatic carboxylic acids is 1. The number of rotatable bonds is 14. The van der Waals surface area contributed by atoms with E-state index in [2.05, 4.69) is 15.6 Å². The van der Waals surface area contributed by atoms with Gasteiger partial charge in [0.05, 0.1) is 11.9 Å². The van der Waals surface area contributed by atoms with Gasteiger partial charge < -0.3 is 10.4 Å². The van der Waals surface area contributed by atoms with Crippen LogP contribution in [-0.4, -0.2) is 39.1 Å². The van der Waals surface area contributed by atoms with Gasteiger partial charge in [0.2, 0.25) is 11.8 Å². The molecule has 9 nitrogen and oxygen atoms in total. The third-order valence-corrected chi connectivity index (χ3v) is 4.89. The van der Waals surface area contributed by atoms with Crippen molar-refractivity contribution >= 4 is 23.5 Å². The van der Waals surface area contributed by atoms with E-state index in [1.165, 1.54) is 0 Å². The van der Waals surface area contributed by atoms with Crippen LogP contribution in [0.2, 0.25) is 0 Å². The minimum Gasteiger partial charge on any atom is -0.480 e. The van der Waals surface area contributed by atoms with Crippen molar-refractivity contribution in [3.05, 3.63) is 59.9 Å². The normalized spacial score (nSPS) is 11.5. The van der Waals surface area contributed by atoms with Gasteiger partial charge in [-0.05, 0) is 36.5 Å². The number of nitrogens with zero attached hydrogens (tertiary/aromatic N) is 1. The Kier molecular flexibility index (Phi) is 10.8. The van der Waals surface area contributed by atoms with Gasteiger partial charge in [-0.1, -0.05) is 43.2 Å². The molecule has 0 unspecified atom stereocenters. The predicted molar refractivity (Wildman–Crippen MR) is 119 cm³/mol. The molecule has 0 aliphatic rings. The van der Waals surface area contributed by atoms with Gasteiger partial charge in [-0.15, -0.1) is 0 Å². The molecule has 1 heterocycles. The van der Waals surface area contributed by atoms with Crippen LogP contribution in [0.5, 0.6) is 0 Å². The number of amides is 2. The van der Waals surface area contributed by atoms with Gasteiger partial charge in [0.1, 0.15) is 6.04 Å². The lowest BCUT2D eigenvalue weighted by molar-refractivity contribution is -0.139. The average molecular weight is 443 g/mol. The lowest BCUT2D eigenvalue weighted by Crippen LogP contribution is -2.38. The number of hydrogen-bond acceptors (Lipinski definition) is 6. The second-order valence-corrected chi connectivity index (χ2v) is 7.54. The van der Waals surface area contributed by atoms with E-state index in [0.717, 1.165) is 24.0 Å². The quantitative estimate of drug-likeness (QED) is 0.172. The molecule has 2 rings (SSSR count). The SMILES string of the molecule is O=C(CCCCCCC(=O)Nc1cncc(CN[C@@H](Cc2ccccc2)C(=O)O)c1)NO. The van der Waals surface area contributed by atoms with E-state index >= 15 is 0 Å². The topological polar surface area (TPSA) is 141 Å². The summed E-state index contributed by atoms with van der Waals surface area (Å²) in [7, 11) is 0. The molecular weight excluding hydrogens is 412 g/mol. The number of benzene rings is 1. The summed E-state index contributed by atoms with van der Waals surface area (Å²) in [6.45, 7) is 0.307. The minimum absolute atomic E-state index is 0.127. The van der Waals surface area contributed by atoms with Crippen LogP contribution in [0.4, 0.5) is 5.69 Å². The number of unbranched alkanes of at least 4 members (excludes halogenated alkanes) is 3. The third kappa shape index (κ3) is 9.67. The fourth-order valence-corrected chi connectivity index (χ4v) is 3.19. The van der Waals surface area contributed by atoms with Gasteiger partial charge in [0.15, 0.2) is 0 Å². The molecule has 0 spiro atoms. The molecule has 0 saturated carbocycles. The van der Waals surface area contributed by atoms with Gasteiger partial charge in [-0.25, -0.2) is 5.48 Å². The summed E-state index contributed by atoms with van der Waals surface area (Å²) in [5, 5.41) is 23.8. The zero-order chi connectivity index (χ0) is 23.2. The van der Waals surface area contributed by atoms with Crippen LogP contribution in [0.1, 0.15) is 49.7 Å². The predicted octanol–water partition coefficient (Wildman–Crippen LogP) is 2.65. The Morgan fingerprint density at radius 1 is 0.906 bits per heavy atom. The highest BCUT2D eigenvalue weighted by atomic mass is 16.5. The van der Waals surface area contributed by atoms with Crippen LogP contribution >= 0.6 is 0 Å². The zero-order valence-corrected chi connectivity index (χ0v) is 17.9. The maximum absolute atomic E-state index is 12.1. The number of carboxylic acids is 1. The summed E-state index contributed by atoms with van der Waals surface area (Å²) in [5.74, 6) is -1.46. The monoisotopic (exact) mass is 442 g/mol. The fourth-order valence-electron chi connectivity index (χ4n) is 3.19. The Bertz CT molecular complexity index is 876. The molecule has 0 aliphatic carbocycles. The van der Waals surface area contributed by atoms with Gasteiger partial charge in [-0.3, -0.25) is 29.9 Å². The second kappa shape index (κ2) is 13.9. The largest absolute Gasteiger partial charge is 0.480 e. The molecular formula is C23H30N4O5. The van der Waals surface area contributed by atoms with Crippen LogP contribution in [0.25, 0.3) is 0 Å². The number of pyridine rings is 1. The summed E-state index contributed by atoms with van der Waals surface area (Å²) < 4.78 is 0. The van der Waals surface area contributed by atoms with Crippen molar-refractivity contribution in [2.45, 2.75) is 57.5 Å². The Hall–Kier alpha value is -3.30. The van der Waals surface area contributed by atoms with E-state index < -0.39 is 17.9 Å². The first-order valence-corrected chi connectivity index (χ1v) is 10.6. The van der Waals surface area contributed by atoms with Crippen LogP contribution in [0.3, 0.4) is 0 Å². The van der Waals surface area contributed by atoms with Gasteiger partial charge >= 0.3 is 5.97 Å². The molecule has 0 radical (unpaired) electrons. The third-order valence-electron chi connectivity index (χ3n) is 4.89. The Balaban J connectivity index is 1.75. The molecule has 172 valence electrons. The highest BCUT2D eigenvalue weighted by Crippen LogP contribution is 2.12. The number of hydroxylamine groups is 1. The molecule has 0 fully saturated rings. The number of carbonyl (C=O) groups excluding carboxylic acids is 2. The molecule has 1 aromatic carbocycles. The van der Waals surface area contributed by atoms with Crippen LogP contribution in [0.15, 0.2) is 48.8 Å². The smallest absolute Gasteiger partial charge is 0.321 e. The van der Waals surface area contributed by atoms with Gasteiger partial charge in [0, 0.05) is 25.6 Å². The summed E-state index contributed by atoms with van der Waals surface area (Å²) in [6, 6.07) is 10.5. The first-order chi connectivity index (χ1) is 15.5. The van der Waals surface area contributed by atoms with Gasteiger partial charge in [-0.2, -0.15) is 0 Å². The van der Waals surface area contributed by atoms with Crippen molar-refractivity contribution < 1.29 is 24.7 Å². The Morgan fingerprint density at radius 2 is 1.59 bits per heavy atom. The Morgan fingerprint density at radius 3 is 2.25 bits per heavy atom. The number of carboxylic acid groups (broad SMARTS) is 1. The molecule has 32 heavy (non-hydrogen) atoms. The number of hydrogen-bond donors (Lipinski definition) is 5. The van der Waals surface area contributed by atoms with E-state index in [0.29, 0.717) is 37.9 Å². The zero-order valence-electron chi connectivity index (χ0n) is 17.9. The van der Waals surface area contributed by atoms with Crippen LogP contribution in [0, 0.1) is 0 Å². The summed E-state index contributed by atoms with van der Waals surface area (Å²) in [4.78, 5) is 38.8. The number of aromatic nitrogens is 1. The molecule has 9 heteroatoms. The highest BCUT2D eigenvalue weighted by molar-refractivity contribution is 5.90. The molecule has 2 amide bonds. The maximum atomic E-state index is 12.1. The van der Waals surface area contributed by atoms with Crippen LogP contribution in [-0.2, 0) is 27.3 Å². The van der Waals surface area contributed by atoms with E-state index in [1.54, 1.807) is 23.9 Å².